The fourth-order valence-electron chi connectivity index (χ4n) is 3.57. The van der Waals surface area contributed by atoms with Gasteiger partial charge in [-0.25, -0.2) is 9.69 Å². The lowest BCUT2D eigenvalue weighted by Gasteiger charge is -2.20. The Labute approximate surface area is 198 Å². The van der Waals surface area contributed by atoms with Gasteiger partial charge in [0.15, 0.2) is 0 Å². The fourth-order valence-corrected chi connectivity index (χ4v) is 3.57. The highest BCUT2D eigenvalue weighted by atomic mass is 16.4. The van der Waals surface area contributed by atoms with Crippen molar-refractivity contribution in [2.24, 2.45) is 0 Å². The molecule has 0 saturated heterocycles. The van der Waals surface area contributed by atoms with E-state index in [2.05, 4.69) is 12.2 Å². The quantitative estimate of drug-likeness (QED) is 0.264. The van der Waals surface area contributed by atoms with Crippen LogP contribution in [-0.4, -0.2) is 45.6 Å². The van der Waals surface area contributed by atoms with Crippen molar-refractivity contribution < 1.29 is 29.1 Å². The first-order valence-electron chi connectivity index (χ1n) is 12.7. The molecule has 0 spiro atoms. The maximum atomic E-state index is 12.5. The van der Waals surface area contributed by atoms with Gasteiger partial charge in [0.2, 0.25) is 23.6 Å². The van der Waals surface area contributed by atoms with Crippen LogP contribution >= 0.6 is 0 Å². The zero-order valence-corrected chi connectivity index (χ0v) is 20.8. The average Bonchev–Trinajstić information content (AvgIpc) is 2.75. The van der Waals surface area contributed by atoms with E-state index in [9.17, 15) is 29.1 Å². The number of amides is 4. The monoisotopic (exact) mass is 468 g/mol. The minimum atomic E-state index is -1.24. The van der Waals surface area contributed by atoms with Crippen LogP contribution in [0.1, 0.15) is 124 Å². The molecule has 4 amide bonds. The molecule has 190 valence electrons. The Morgan fingerprint density at radius 3 is 1.55 bits per heavy atom. The first kappa shape index (κ1) is 30.8. The summed E-state index contributed by atoms with van der Waals surface area (Å²) in [5, 5.41) is 11.9. The number of aliphatic carboxylic acids is 1. The predicted octanol–water partition coefficient (Wildman–Crippen LogP) is 4.74. The summed E-state index contributed by atoms with van der Waals surface area (Å²) in [6, 6.07) is -1.23. The molecular formula is C25H44N2O6. The summed E-state index contributed by atoms with van der Waals surface area (Å²) >= 11 is 0. The molecule has 0 fully saturated rings. The molecule has 8 heteroatoms. The van der Waals surface area contributed by atoms with Crippen molar-refractivity contribution in [2.75, 3.05) is 0 Å². The van der Waals surface area contributed by atoms with Gasteiger partial charge in [-0.15, -0.1) is 0 Å². The van der Waals surface area contributed by atoms with Crippen LogP contribution in [0.25, 0.3) is 0 Å². The highest BCUT2D eigenvalue weighted by molar-refractivity contribution is 6.10. The summed E-state index contributed by atoms with van der Waals surface area (Å²) in [7, 11) is 0. The van der Waals surface area contributed by atoms with Crippen LogP contribution in [0.15, 0.2) is 0 Å². The van der Waals surface area contributed by atoms with Gasteiger partial charge in [0.1, 0.15) is 6.04 Å². The lowest BCUT2D eigenvalue weighted by atomic mass is 10.1. The van der Waals surface area contributed by atoms with Crippen LogP contribution in [0.5, 0.6) is 0 Å². The third-order valence-electron chi connectivity index (χ3n) is 5.46. The molecule has 2 N–H and O–H groups in total. The normalized spacial score (nSPS) is 11.6. The molecule has 0 bridgehead atoms. The zero-order valence-electron chi connectivity index (χ0n) is 20.8. The number of carbonyl (C=O) groups excluding carboxylic acids is 4. The number of unbranched alkanes of at least 4 members (excludes halogenated alkanes) is 8. The average molecular weight is 469 g/mol. The number of imide groups is 3. The second-order valence-corrected chi connectivity index (χ2v) is 8.59. The summed E-state index contributed by atoms with van der Waals surface area (Å²) in [6.45, 7) is 5.73. The van der Waals surface area contributed by atoms with Crippen LogP contribution in [-0.2, 0) is 24.0 Å². The van der Waals surface area contributed by atoms with Gasteiger partial charge in [-0.05, 0) is 25.7 Å². The van der Waals surface area contributed by atoms with Crippen LogP contribution < -0.4 is 5.32 Å². The number of nitrogens with one attached hydrogen (secondary N) is 1. The van der Waals surface area contributed by atoms with Crippen LogP contribution in [0.2, 0.25) is 0 Å². The Morgan fingerprint density at radius 2 is 1.09 bits per heavy atom. The molecule has 0 aliphatic heterocycles. The van der Waals surface area contributed by atoms with Gasteiger partial charge in [0.05, 0.1) is 0 Å². The third-order valence-corrected chi connectivity index (χ3v) is 5.46. The fraction of sp³-hybridized carbons (Fsp3) is 0.800. The third kappa shape index (κ3) is 14.5. The maximum absolute atomic E-state index is 12.5. The van der Waals surface area contributed by atoms with Gasteiger partial charge in [-0.3, -0.25) is 19.2 Å². The molecule has 0 aliphatic rings. The standard InChI is InChI=1S/C25H44N2O6/c1-4-7-8-9-10-11-12-13-14-17-21(28)26-20(25(32)33)18-19-24(31)27(22(29)15-5-2)23(30)16-6-3/h20H,4-19H2,1-3H3,(H,26,28)(H,32,33)/t20-/m0/s1. The van der Waals surface area contributed by atoms with E-state index in [0.717, 1.165) is 19.3 Å². The molecule has 0 aromatic carbocycles. The molecule has 1 atom stereocenters. The van der Waals surface area contributed by atoms with Gasteiger partial charge >= 0.3 is 5.97 Å². The molecule has 0 aliphatic carbocycles. The number of nitrogens with zero attached hydrogens (tertiary/aromatic N) is 1. The van der Waals surface area contributed by atoms with Gasteiger partial charge in [0.25, 0.3) is 0 Å². The van der Waals surface area contributed by atoms with Crippen molar-refractivity contribution in [1.29, 1.82) is 0 Å². The van der Waals surface area contributed by atoms with Crippen LogP contribution in [0, 0.1) is 0 Å². The number of hydrogen-bond acceptors (Lipinski definition) is 5. The SMILES string of the molecule is CCCCCCCCCCCC(=O)N[C@@H](CCC(=O)N(C(=O)CCC)C(=O)CCC)C(=O)O. The molecule has 0 aromatic heterocycles. The van der Waals surface area contributed by atoms with E-state index in [4.69, 9.17) is 0 Å². The summed E-state index contributed by atoms with van der Waals surface area (Å²) < 4.78 is 0. The zero-order chi connectivity index (χ0) is 25.1. The van der Waals surface area contributed by atoms with E-state index in [1.807, 2.05) is 0 Å². The van der Waals surface area contributed by atoms with E-state index in [1.54, 1.807) is 13.8 Å². The van der Waals surface area contributed by atoms with Crippen molar-refractivity contribution >= 4 is 29.6 Å². The van der Waals surface area contributed by atoms with E-state index in [-0.39, 0.29) is 38.0 Å². The summed E-state index contributed by atoms with van der Waals surface area (Å²) in [4.78, 5) is 61.3. The Hall–Kier alpha value is -2.25. The topological polar surface area (TPSA) is 121 Å². The molecule has 0 radical (unpaired) electrons. The molecule has 0 aromatic rings. The van der Waals surface area contributed by atoms with E-state index < -0.39 is 29.7 Å². The largest absolute Gasteiger partial charge is 0.480 e. The van der Waals surface area contributed by atoms with Crippen molar-refractivity contribution in [1.82, 2.24) is 10.2 Å². The molecule has 8 nitrogen and oxygen atoms in total. The number of rotatable bonds is 19. The van der Waals surface area contributed by atoms with E-state index in [1.165, 1.54) is 32.1 Å². The first-order chi connectivity index (χ1) is 15.8. The first-order valence-corrected chi connectivity index (χ1v) is 12.7. The lowest BCUT2D eigenvalue weighted by Crippen LogP contribution is -2.44. The van der Waals surface area contributed by atoms with Crippen molar-refractivity contribution in [3.63, 3.8) is 0 Å². The number of carbonyl (C=O) groups is 5. The van der Waals surface area contributed by atoms with Crippen molar-refractivity contribution in [2.45, 2.75) is 130 Å². The summed E-state index contributed by atoms with van der Waals surface area (Å²) in [6.07, 6.45) is 10.9. The van der Waals surface area contributed by atoms with Crippen LogP contribution in [0.3, 0.4) is 0 Å². The molecule has 0 saturated carbocycles. The Bertz CT molecular complexity index is 602. The smallest absolute Gasteiger partial charge is 0.326 e. The molecule has 33 heavy (non-hydrogen) atoms. The number of carboxylic acid groups (broad SMARTS) is 1. The maximum Gasteiger partial charge on any atom is 0.326 e. The van der Waals surface area contributed by atoms with Gasteiger partial charge < -0.3 is 10.4 Å². The van der Waals surface area contributed by atoms with Gasteiger partial charge in [-0.2, -0.15) is 0 Å². The second-order valence-electron chi connectivity index (χ2n) is 8.59. The van der Waals surface area contributed by atoms with Gasteiger partial charge in [0, 0.05) is 25.7 Å². The second kappa shape index (κ2) is 19.2. The Morgan fingerprint density at radius 1 is 0.636 bits per heavy atom. The lowest BCUT2D eigenvalue weighted by molar-refractivity contribution is -0.154. The van der Waals surface area contributed by atoms with E-state index >= 15 is 0 Å². The minimum Gasteiger partial charge on any atom is -0.480 e. The highest BCUT2D eigenvalue weighted by Gasteiger charge is 2.29. The Kier molecular flexibility index (Phi) is 17.9. The molecule has 0 rings (SSSR count). The summed E-state index contributed by atoms with van der Waals surface area (Å²) in [5.74, 6) is -3.45. The van der Waals surface area contributed by atoms with Crippen LogP contribution in [0.4, 0.5) is 0 Å². The van der Waals surface area contributed by atoms with E-state index in [0.29, 0.717) is 24.2 Å². The Balaban J connectivity index is 4.48. The van der Waals surface area contributed by atoms with Crippen molar-refractivity contribution in [3.05, 3.63) is 0 Å². The number of hydrogen-bond donors (Lipinski definition) is 2. The summed E-state index contributed by atoms with van der Waals surface area (Å²) in [5.41, 5.74) is 0. The van der Waals surface area contributed by atoms with Gasteiger partial charge in [-0.1, -0.05) is 72.1 Å². The predicted molar refractivity (Wildman–Crippen MR) is 127 cm³/mol. The highest BCUT2D eigenvalue weighted by Crippen LogP contribution is 2.12. The molecular weight excluding hydrogens is 424 g/mol. The minimum absolute atomic E-state index is 0.0685. The molecule has 0 unspecified atom stereocenters. The molecule has 0 heterocycles. The number of carboxylic acids is 1. The van der Waals surface area contributed by atoms with Crippen molar-refractivity contribution in [3.8, 4) is 0 Å².